The summed E-state index contributed by atoms with van der Waals surface area (Å²) in [5.74, 6) is 1.49. The summed E-state index contributed by atoms with van der Waals surface area (Å²) in [5.41, 5.74) is 1.94. The highest BCUT2D eigenvalue weighted by Gasteiger charge is 2.24. The van der Waals surface area contributed by atoms with Crippen molar-refractivity contribution in [2.45, 2.75) is 44.9 Å². The number of aryl methyl sites for hydroxylation is 1. The molecule has 4 rings (SSSR count). The lowest BCUT2D eigenvalue weighted by molar-refractivity contribution is -0.133. The Morgan fingerprint density at radius 3 is 2.31 bits per heavy atom. The van der Waals surface area contributed by atoms with E-state index in [1.807, 2.05) is 52.3 Å². The van der Waals surface area contributed by atoms with Crippen molar-refractivity contribution in [3.8, 4) is 5.75 Å². The van der Waals surface area contributed by atoms with E-state index >= 15 is 0 Å². The number of hydrogen-bond acceptors (Lipinski definition) is 3. The maximum absolute atomic E-state index is 12.7. The second-order valence-electron chi connectivity index (χ2n) is 9.02. The molecular formula is C27H34N2O3. The number of hydrogen-bond donors (Lipinski definition) is 0. The van der Waals surface area contributed by atoms with Gasteiger partial charge >= 0.3 is 0 Å². The Morgan fingerprint density at radius 1 is 0.844 bits per heavy atom. The quantitative estimate of drug-likeness (QED) is 0.642. The Bertz CT molecular complexity index is 876. The molecule has 5 nitrogen and oxygen atoms in total. The maximum atomic E-state index is 12.7. The summed E-state index contributed by atoms with van der Waals surface area (Å²) in [7, 11) is 0. The maximum Gasteiger partial charge on any atom is 0.253 e. The topological polar surface area (TPSA) is 49.9 Å². The van der Waals surface area contributed by atoms with Gasteiger partial charge < -0.3 is 14.5 Å². The third-order valence-electron chi connectivity index (χ3n) is 6.57. The van der Waals surface area contributed by atoms with Crippen LogP contribution in [-0.2, 0) is 11.2 Å². The fraction of sp³-hybridized carbons (Fsp3) is 0.481. The summed E-state index contributed by atoms with van der Waals surface area (Å²) < 4.78 is 6.02. The number of rotatable bonds is 7. The van der Waals surface area contributed by atoms with Crippen LogP contribution >= 0.6 is 0 Å². The molecule has 0 unspecified atom stereocenters. The van der Waals surface area contributed by atoms with Crippen molar-refractivity contribution in [2.24, 2.45) is 5.92 Å². The van der Waals surface area contributed by atoms with Gasteiger partial charge in [-0.25, -0.2) is 0 Å². The van der Waals surface area contributed by atoms with Crippen LogP contribution in [0.4, 0.5) is 0 Å². The number of piperidine rings is 2. The van der Waals surface area contributed by atoms with Gasteiger partial charge in [0, 0.05) is 44.1 Å². The average molecular weight is 435 g/mol. The van der Waals surface area contributed by atoms with Crippen LogP contribution in [0.3, 0.4) is 0 Å². The van der Waals surface area contributed by atoms with Crippen molar-refractivity contribution >= 4 is 11.8 Å². The highest BCUT2D eigenvalue weighted by Crippen LogP contribution is 2.21. The fourth-order valence-electron chi connectivity index (χ4n) is 4.67. The van der Waals surface area contributed by atoms with Gasteiger partial charge in [-0.05, 0) is 68.4 Å². The molecule has 2 amide bonds. The first-order valence-electron chi connectivity index (χ1n) is 12.0. The standard InChI is InChI=1S/C27H34N2O3/c30-26(16-11-22-8-3-1-4-9-22)29-19-7-10-23(20-29)21-32-25-14-12-24(13-15-25)27(31)28-17-5-2-6-18-28/h1,3-4,8-9,12-15,23H,2,5-7,10-11,16-21H2/t23-/m0/s1. The molecule has 1 atom stereocenters. The van der Waals surface area contributed by atoms with E-state index in [0.29, 0.717) is 18.9 Å². The molecule has 0 N–H and O–H groups in total. The van der Waals surface area contributed by atoms with Gasteiger partial charge in [0.15, 0.2) is 0 Å². The van der Waals surface area contributed by atoms with E-state index in [0.717, 1.165) is 69.6 Å². The molecule has 0 spiro atoms. The molecule has 0 bridgehead atoms. The van der Waals surface area contributed by atoms with Gasteiger partial charge in [0.1, 0.15) is 5.75 Å². The molecule has 170 valence electrons. The van der Waals surface area contributed by atoms with Crippen molar-refractivity contribution in [3.05, 3.63) is 65.7 Å². The Balaban J connectivity index is 1.22. The van der Waals surface area contributed by atoms with Gasteiger partial charge in [-0.1, -0.05) is 30.3 Å². The molecule has 0 aromatic heterocycles. The lowest BCUT2D eigenvalue weighted by Gasteiger charge is -2.32. The summed E-state index contributed by atoms with van der Waals surface area (Å²) in [6, 6.07) is 17.7. The van der Waals surface area contributed by atoms with Crippen LogP contribution in [0.5, 0.6) is 5.75 Å². The zero-order chi connectivity index (χ0) is 22.2. The van der Waals surface area contributed by atoms with E-state index < -0.39 is 0 Å². The number of amides is 2. The second kappa shape index (κ2) is 11.2. The van der Waals surface area contributed by atoms with Crippen molar-refractivity contribution in [2.75, 3.05) is 32.8 Å². The van der Waals surface area contributed by atoms with Gasteiger partial charge in [0.2, 0.25) is 5.91 Å². The summed E-state index contributed by atoms with van der Waals surface area (Å²) in [6.45, 7) is 3.93. The van der Waals surface area contributed by atoms with Crippen LogP contribution in [-0.4, -0.2) is 54.4 Å². The van der Waals surface area contributed by atoms with Crippen LogP contribution in [0.15, 0.2) is 54.6 Å². The molecule has 2 aromatic rings. The molecule has 0 saturated carbocycles. The molecule has 0 radical (unpaired) electrons. The number of benzene rings is 2. The highest BCUT2D eigenvalue weighted by atomic mass is 16.5. The van der Waals surface area contributed by atoms with Crippen LogP contribution in [0, 0.1) is 5.92 Å². The Kier molecular flexibility index (Phi) is 7.81. The Hall–Kier alpha value is -2.82. The molecule has 2 heterocycles. The zero-order valence-electron chi connectivity index (χ0n) is 18.9. The van der Waals surface area contributed by atoms with Crippen LogP contribution < -0.4 is 4.74 Å². The van der Waals surface area contributed by atoms with Gasteiger partial charge in [0.25, 0.3) is 5.91 Å². The summed E-state index contributed by atoms with van der Waals surface area (Å²) in [4.78, 5) is 29.2. The van der Waals surface area contributed by atoms with E-state index in [2.05, 4.69) is 12.1 Å². The molecule has 32 heavy (non-hydrogen) atoms. The molecule has 2 fully saturated rings. The third-order valence-corrected chi connectivity index (χ3v) is 6.57. The lowest BCUT2D eigenvalue weighted by atomic mass is 9.98. The molecule has 5 heteroatoms. The number of nitrogens with zero attached hydrogens (tertiary/aromatic N) is 2. The monoisotopic (exact) mass is 434 g/mol. The zero-order valence-corrected chi connectivity index (χ0v) is 18.9. The Morgan fingerprint density at radius 2 is 1.56 bits per heavy atom. The summed E-state index contributed by atoms with van der Waals surface area (Å²) in [5, 5.41) is 0. The van der Waals surface area contributed by atoms with Crippen molar-refractivity contribution < 1.29 is 14.3 Å². The Labute approximate surface area is 191 Å². The fourth-order valence-corrected chi connectivity index (χ4v) is 4.67. The van der Waals surface area contributed by atoms with Gasteiger partial charge in [-0.2, -0.15) is 0 Å². The first kappa shape index (κ1) is 22.4. The normalized spacial score (nSPS) is 18.9. The minimum absolute atomic E-state index is 0.119. The summed E-state index contributed by atoms with van der Waals surface area (Å²) in [6.07, 6.45) is 6.86. The number of carbonyl (C=O) groups excluding carboxylic acids is 2. The minimum atomic E-state index is 0.119. The van der Waals surface area contributed by atoms with E-state index in [-0.39, 0.29) is 11.8 Å². The predicted molar refractivity (Wildman–Crippen MR) is 126 cm³/mol. The van der Waals surface area contributed by atoms with Crippen LogP contribution in [0.2, 0.25) is 0 Å². The molecule has 2 aromatic carbocycles. The largest absolute Gasteiger partial charge is 0.493 e. The minimum Gasteiger partial charge on any atom is -0.493 e. The SMILES string of the molecule is O=C(CCc1ccccc1)N1CCC[C@H](COc2ccc(C(=O)N3CCCCC3)cc2)C1. The predicted octanol–water partition coefficient (Wildman–Crippen LogP) is 4.56. The van der Waals surface area contributed by atoms with E-state index in [1.54, 1.807) is 0 Å². The van der Waals surface area contributed by atoms with E-state index in [4.69, 9.17) is 4.74 Å². The van der Waals surface area contributed by atoms with Gasteiger partial charge in [0.05, 0.1) is 6.61 Å². The number of likely N-dealkylation sites (tertiary alicyclic amines) is 2. The van der Waals surface area contributed by atoms with Gasteiger partial charge in [-0.3, -0.25) is 9.59 Å². The highest BCUT2D eigenvalue weighted by molar-refractivity contribution is 5.94. The van der Waals surface area contributed by atoms with E-state index in [9.17, 15) is 9.59 Å². The van der Waals surface area contributed by atoms with Crippen LogP contribution in [0.1, 0.15) is 54.4 Å². The first-order chi connectivity index (χ1) is 15.7. The van der Waals surface area contributed by atoms with Crippen molar-refractivity contribution in [3.63, 3.8) is 0 Å². The van der Waals surface area contributed by atoms with Crippen LogP contribution in [0.25, 0.3) is 0 Å². The smallest absolute Gasteiger partial charge is 0.253 e. The summed E-state index contributed by atoms with van der Waals surface area (Å²) >= 11 is 0. The molecule has 2 aliphatic heterocycles. The lowest BCUT2D eigenvalue weighted by Crippen LogP contribution is -2.41. The first-order valence-corrected chi connectivity index (χ1v) is 12.0. The molecule has 2 saturated heterocycles. The van der Waals surface area contributed by atoms with Gasteiger partial charge in [-0.15, -0.1) is 0 Å². The third kappa shape index (κ3) is 6.12. The second-order valence-corrected chi connectivity index (χ2v) is 9.02. The van der Waals surface area contributed by atoms with Crippen molar-refractivity contribution in [1.82, 2.24) is 9.80 Å². The number of carbonyl (C=O) groups is 2. The van der Waals surface area contributed by atoms with Crippen molar-refractivity contribution in [1.29, 1.82) is 0 Å². The van der Waals surface area contributed by atoms with E-state index in [1.165, 1.54) is 12.0 Å². The average Bonchev–Trinajstić information content (AvgIpc) is 2.87. The number of ether oxygens (including phenoxy) is 1. The molecule has 0 aliphatic carbocycles. The molecule has 2 aliphatic rings. The molecular weight excluding hydrogens is 400 g/mol.